The molecule has 2 nitrogen and oxygen atoms in total. The molecule has 1 aliphatic rings. The van der Waals surface area contributed by atoms with Crippen molar-refractivity contribution in [2.45, 2.75) is 24.3 Å². The second-order valence-corrected chi connectivity index (χ2v) is 4.23. The molecule has 1 fully saturated rings. The quantitative estimate of drug-likeness (QED) is 0.688. The van der Waals surface area contributed by atoms with E-state index in [2.05, 4.69) is 0 Å². The molecule has 0 unspecified atom stereocenters. The minimum absolute atomic E-state index is 0.0538. The van der Waals surface area contributed by atoms with Crippen molar-refractivity contribution in [3.05, 3.63) is 0 Å². The van der Waals surface area contributed by atoms with Crippen molar-refractivity contribution in [1.82, 2.24) is 4.90 Å². The van der Waals surface area contributed by atoms with Gasteiger partial charge < -0.3 is 4.90 Å². The molecule has 0 spiro atoms. The van der Waals surface area contributed by atoms with E-state index in [0.29, 0.717) is 11.8 Å². The van der Waals surface area contributed by atoms with E-state index in [0.717, 1.165) is 25.9 Å². The highest BCUT2D eigenvalue weighted by molar-refractivity contribution is 8.04. The van der Waals surface area contributed by atoms with E-state index in [1.54, 1.807) is 4.90 Å². The molecule has 80 valence electrons. The fourth-order valence-corrected chi connectivity index (χ4v) is 2.02. The Morgan fingerprint density at radius 1 is 1.36 bits per heavy atom. The average molecular weight is 224 g/mol. The molecule has 0 aromatic carbocycles. The summed E-state index contributed by atoms with van der Waals surface area (Å²) in [5.74, 6) is 0. The van der Waals surface area contributed by atoms with Crippen LogP contribution in [0.5, 0.6) is 0 Å². The molecule has 14 heavy (non-hydrogen) atoms. The first-order valence-electron chi connectivity index (χ1n) is 4.38. The van der Waals surface area contributed by atoms with Crippen LogP contribution in [-0.4, -0.2) is 36.0 Å². The normalized spacial score (nSPS) is 20.7. The summed E-state index contributed by atoms with van der Waals surface area (Å²) in [5.41, 5.74) is 0. The largest absolute Gasteiger partial charge is 0.402 e. The second kappa shape index (κ2) is 4.89. The number of thiocyanates is 1. The zero-order valence-corrected chi connectivity index (χ0v) is 8.37. The molecule has 6 heteroatoms. The zero-order chi connectivity index (χ0) is 10.6. The number of hydrogen-bond acceptors (Lipinski definition) is 3. The molecule has 0 radical (unpaired) electrons. The van der Waals surface area contributed by atoms with E-state index < -0.39 is 11.4 Å². The highest BCUT2D eigenvalue weighted by Gasteiger charge is 2.41. The first-order valence-corrected chi connectivity index (χ1v) is 5.26. The number of rotatable bonds is 3. The Morgan fingerprint density at radius 3 is 2.36 bits per heavy atom. The van der Waals surface area contributed by atoms with E-state index >= 15 is 0 Å². The second-order valence-electron chi connectivity index (χ2n) is 3.25. The first-order chi connectivity index (χ1) is 6.54. The Bertz CT molecular complexity index is 218. The summed E-state index contributed by atoms with van der Waals surface area (Å²) in [6.45, 7) is 1.39. The molecule has 0 N–H and O–H groups in total. The van der Waals surface area contributed by atoms with Crippen molar-refractivity contribution >= 4 is 11.8 Å². The Hall–Kier alpha value is -0.410. The Morgan fingerprint density at radius 2 is 1.93 bits per heavy atom. The maximum absolute atomic E-state index is 12.4. The van der Waals surface area contributed by atoms with Crippen LogP contribution >= 0.6 is 11.8 Å². The van der Waals surface area contributed by atoms with Gasteiger partial charge in [0.2, 0.25) is 0 Å². The topological polar surface area (TPSA) is 27.0 Å². The summed E-state index contributed by atoms with van der Waals surface area (Å²) < 4.78 is 37.1. The highest BCUT2D eigenvalue weighted by atomic mass is 32.2. The molecular weight excluding hydrogens is 213 g/mol. The average Bonchev–Trinajstić information content (AvgIpc) is 2.54. The molecule has 1 aliphatic heterocycles. The van der Waals surface area contributed by atoms with Gasteiger partial charge in [-0.2, -0.15) is 18.4 Å². The fraction of sp³-hybridized carbons (Fsp3) is 0.875. The number of hydrogen-bond donors (Lipinski definition) is 0. The number of thioether (sulfide) groups is 1. The molecule has 1 atom stereocenters. The minimum Gasteiger partial charge on any atom is -0.302 e. The van der Waals surface area contributed by atoms with Crippen LogP contribution in [0.25, 0.3) is 0 Å². The molecule has 1 saturated heterocycles. The van der Waals surface area contributed by atoms with Gasteiger partial charge in [0.25, 0.3) is 0 Å². The summed E-state index contributed by atoms with van der Waals surface area (Å²) in [6, 6.07) is 0. The van der Waals surface area contributed by atoms with Gasteiger partial charge in [-0.05, 0) is 37.7 Å². The van der Waals surface area contributed by atoms with Gasteiger partial charge >= 0.3 is 6.18 Å². The van der Waals surface area contributed by atoms with Crippen molar-refractivity contribution in [3.8, 4) is 5.40 Å². The van der Waals surface area contributed by atoms with Crippen LogP contribution in [0.2, 0.25) is 0 Å². The van der Waals surface area contributed by atoms with Crippen molar-refractivity contribution in [3.63, 3.8) is 0 Å². The summed E-state index contributed by atoms with van der Waals surface area (Å²) in [6.07, 6.45) is -2.35. The maximum Gasteiger partial charge on any atom is 0.402 e. The van der Waals surface area contributed by atoms with Gasteiger partial charge in [-0.1, -0.05) is 0 Å². The molecule has 0 saturated carbocycles. The van der Waals surface area contributed by atoms with E-state index in [1.807, 2.05) is 0 Å². The third-order valence-corrected chi connectivity index (χ3v) is 2.99. The zero-order valence-electron chi connectivity index (χ0n) is 7.55. The summed E-state index contributed by atoms with van der Waals surface area (Å²) in [5, 5.41) is 8.22. The Kier molecular flexibility index (Phi) is 4.08. The molecule has 1 rings (SSSR count). The number of nitrogens with zero attached hydrogens (tertiary/aromatic N) is 2. The third-order valence-electron chi connectivity index (χ3n) is 2.18. The number of alkyl halides is 3. The van der Waals surface area contributed by atoms with E-state index in [1.165, 1.54) is 5.40 Å². The lowest BCUT2D eigenvalue weighted by Crippen LogP contribution is -2.37. The Labute approximate surface area is 85.1 Å². The summed E-state index contributed by atoms with van der Waals surface area (Å²) >= 11 is 0.309. The first kappa shape index (κ1) is 11.7. The van der Waals surface area contributed by atoms with Crippen LogP contribution < -0.4 is 0 Å². The van der Waals surface area contributed by atoms with Gasteiger partial charge in [0, 0.05) is 6.54 Å². The monoisotopic (exact) mass is 224 g/mol. The van der Waals surface area contributed by atoms with Gasteiger partial charge in [-0.25, -0.2) is 0 Å². The van der Waals surface area contributed by atoms with Crippen LogP contribution in [-0.2, 0) is 0 Å². The predicted octanol–water partition coefficient (Wildman–Crippen LogP) is 2.23. The molecule has 0 amide bonds. The smallest absolute Gasteiger partial charge is 0.302 e. The number of halogens is 3. The van der Waals surface area contributed by atoms with Crippen molar-refractivity contribution in [2.24, 2.45) is 0 Å². The van der Waals surface area contributed by atoms with Crippen LogP contribution in [0.3, 0.4) is 0 Å². The highest BCUT2D eigenvalue weighted by Crippen LogP contribution is 2.31. The van der Waals surface area contributed by atoms with Crippen LogP contribution in [0.15, 0.2) is 0 Å². The molecular formula is C8H11F3N2S. The molecule has 0 aromatic heterocycles. The summed E-state index contributed by atoms with van der Waals surface area (Å²) in [7, 11) is 0. The lowest BCUT2D eigenvalue weighted by Gasteiger charge is -2.22. The van der Waals surface area contributed by atoms with Crippen LogP contribution in [0, 0.1) is 10.7 Å². The fourth-order valence-electron chi connectivity index (χ4n) is 1.47. The van der Waals surface area contributed by atoms with E-state index in [9.17, 15) is 13.2 Å². The molecule has 0 bridgehead atoms. The van der Waals surface area contributed by atoms with Crippen molar-refractivity contribution in [2.75, 3.05) is 19.6 Å². The lowest BCUT2D eigenvalue weighted by atomic mass is 10.4. The standard InChI is InChI=1S/C8H11F3N2S/c9-8(10,11)7(14-6-12)5-13-3-1-2-4-13/h7H,1-5H2/t7-/m0/s1. The van der Waals surface area contributed by atoms with Crippen LogP contribution in [0.4, 0.5) is 13.2 Å². The lowest BCUT2D eigenvalue weighted by molar-refractivity contribution is -0.131. The van der Waals surface area contributed by atoms with Gasteiger partial charge in [-0.3, -0.25) is 0 Å². The number of nitriles is 1. The van der Waals surface area contributed by atoms with Gasteiger partial charge in [0.1, 0.15) is 10.7 Å². The van der Waals surface area contributed by atoms with Gasteiger partial charge in [0.15, 0.2) is 0 Å². The molecule has 0 aliphatic carbocycles. The van der Waals surface area contributed by atoms with Gasteiger partial charge in [-0.15, -0.1) is 0 Å². The van der Waals surface area contributed by atoms with E-state index in [-0.39, 0.29) is 6.54 Å². The molecule has 1 heterocycles. The Balaban J connectivity index is 2.47. The maximum atomic E-state index is 12.4. The van der Waals surface area contributed by atoms with E-state index in [4.69, 9.17) is 5.26 Å². The van der Waals surface area contributed by atoms with Crippen molar-refractivity contribution in [1.29, 1.82) is 5.26 Å². The molecule has 0 aromatic rings. The predicted molar refractivity (Wildman–Crippen MR) is 48.7 cm³/mol. The SMILES string of the molecule is N#CS[C@@H](CN1CCCC1)C(F)(F)F. The van der Waals surface area contributed by atoms with Crippen molar-refractivity contribution < 1.29 is 13.2 Å². The minimum atomic E-state index is -4.27. The summed E-state index contributed by atoms with van der Waals surface area (Å²) in [4.78, 5) is 1.77. The van der Waals surface area contributed by atoms with Gasteiger partial charge in [0.05, 0.1) is 0 Å². The van der Waals surface area contributed by atoms with Crippen LogP contribution in [0.1, 0.15) is 12.8 Å². The third kappa shape index (κ3) is 3.39. The number of likely N-dealkylation sites (tertiary alicyclic amines) is 1.